The highest BCUT2D eigenvalue weighted by Gasteiger charge is 2.18. The molecule has 3 rings (SSSR count). The maximum absolute atomic E-state index is 12.6. The van der Waals surface area contributed by atoms with Crippen LogP contribution in [0.4, 0.5) is 0 Å². The van der Waals surface area contributed by atoms with Gasteiger partial charge in [-0.3, -0.25) is 4.79 Å². The molecule has 0 radical (unpaired) electrons. The number of nitrogens with one attached hydrogen (secondary N) is 1. The van der Waals surface area contributed by atoms with E-state index in [0.29, 0.717) is 24.4 Å². The normalized spacial score (nSPS) is 11.2. The van der Waals surface area contributed by atoms with Crippen molar-refractivity contribution in [2.45, 2.75) is 6.54 Å². The lowest BCUT2D eigenvalue weighted by Crippen LogP contribution is -2.32. The second-order valence-corrected chi connectivity index (χ2v) is 6.16. The van der Waals surface area contributed by atoms with Gasteiger partial charge >= 0.3 is 0 Å². The van der Waals surface area contributed by atoms with E-state index in [-0.39, 0.29) is 5.91 Å². The summed E-state index contributed by atoms with van der Waals surface area (Å²) < 4.78 is 12.9. The Balaban J connectivity index is 1.90. The summed E-state index contributed by atoms with van der Waals surface area (Å²) in [6, 6.07) is 11.5. The quantitative estimate of drug-likeness (QED) is 0.718. The van der Waals surface area contributed by atoms with E-state index < -0.39 is 0 Å². The Hall–Kier alpha value is -2.73. The van der Waals surface area contributed by atoms with Crippen LogP contribution < -0.4 is 10.1 Å². The molecule has 0 fully saturated rings. The summed E-state index contributed by atoms with van der Waals surface area (Å²) in [5, 5.41) is 2.96. The van der Waals surface area contributed by atoms with Crippen LogP contribution in [0.5, 0.6) is 5.75 Å². The van der Waals surface area contributed by atoms with Crippen LogP contribution in [-0.2, 0) is 6.54 Å². The molecule has 2 heterocycles. The number of ether oxygens (including phenoxy) is 1. The fourth-order valence-corrected chi connectivity index (χ4v) is 2.82. The van der Waals surface area contributed by atoms with E-state index in [1.54, 1.807) is 19.4 Å². The molecule has 0 saturated heterocycles. The van der Waals surface area contributed by atoms with Gasteiger partial charge in [-0.05, 0) is 20.2 Å². The average Bonchev–Trinajstić information content (AvgIpc) is 3.17. The van der Waals surface area contributed by atoms with E-state index in [9.17, 15) is 4.79 Å². The molecule has 0 aliphatic rings. The molecular formula is C19H23N3O3. The maximum Gasteiger partial charge on any atom is 0.268 e. The van der Waals surface area contributed by atoms with E-state index in [4.69, 9.17) is 9.15 Å². The van der Waals surface area contributed by atoms with Crippen molar-refractivity contribution >= 4 is 17.0 Å². The molecule has 0 aliphatic carbocycles. The molecule has 3 aromatic rings. The fraction of sp³-hybridized carbons (Fsp3) is 0.316. The van der Waals surface area contributed by atoms with Crippen LogP contribution >= 0.6 is 0 Å². The summed E-state index contributed by atoms with van der Waals surface area (Å²) in [6.45, 7) is 1.91. The summed E-state index contributed by atoms with van der Waals surface area (Å²) in [6.07, 6.45) is 1.64. The second-order valence-electron chi connectivity index (χ2n) is 6.16. The number of methoxy groups -OCH3 is 1. The Morgan fingerprint density at radius 1 is 1.28 bits per heavy atom. The number of furan rings is 1. The second kappa shape index (κ2) is 7.44. The highest BCUT2D eigenvalue weighted by atomic mass is 16.5. The Kier molecular flexibility index (Phi) is 5.09. The molecule has 0 atom stereocenters. The summed E-state index contributed by atoms with van der Waals surface area (Å²) in [5.41, 5.74) is 3.18. The van der Waals surface area contributed by atoms with Gasteiger partial charge in [0.1, 0.15) is 11.4 Å². The highest BCUT2D eigenvalue weighted by Crippen LogP contribution is 2.25. The zero-order valence-corrected chi connectivity index (χ0v) is 14.8. The van der Waals surface area contributed by atoms with Crippen LogP contribution in [0.1, 0.15) is 16.1 Å². The number of likely N-dealkylation sites (N-methyl/N-ethyl adjacent to an activating group) is 1. The SMILES string of the molecule is COc1ccccc1Cn1c(C(=O)NCCN(C)C)cc2occc21. The number of nitrogens with zero attached hydrogens (tertiary/aromatic N) is 2. The third-order valence-corrected chi connectivity index (χ3v) is 4.12. The lowest BCUT2D eigenvalue weighted by atomic mass is 10.2. The number of aromatic nitrogens is 1. The van der Waals surface area contributed by atoms with Gasteiger partial charge in [0.25, 0.3) is 5.91 Å². The van der Waals surface area contributed by atoms with Gasteiger partial charge in [-0.2, -0.15) is 0 Å². The maximum atomic E-state index is 12.6. The smallest absolute Gasteiger partial charge is 0.268 e. The summed E-state index contributed by atoms with van der Waals surface area (Å²) in [4.78, 5) is 14.7. The Morgan fingerprint density at radius 2 is 2.08 bits per heavy atom. The molecule has 1 aromatic carbocycles. The van der Waals surface area contributed by atoms with Gasteiger partial charge < -0.3 is 23.9 Å². The van der Waals surface area contributed by atoms with Gasteiger partial charge in [-0.25, -0.2) is 0 Å². The van der Waals surface area contributed by atoms with Crippen LogP contribution in [0.3, 0.4) is 0 Å². The molecular weight excluding hydrogens is 318 g/mol. The first-order valence-electron chi connectivity index (χ1n) is 8.21. The Bertz CT molecular complexity index is 864. The number of fused-ring (bicyclic) bond motifs is 1. The number of benzene rings is 1. The van der Waals surface area contributed by atoms with E-state index in [2.05, 4.69) is 5.32 Å². The van der Waals surface area contributed by atoms with Gasteiger partial charge in [0, 0.05) is 30.8 Å². The molecule has 6 heteroatoms. The minimum atomic E-state index is -0.108. The number of amides is 1. The molecule has 0 spiro atoms. The first-order valence-corrected chi connectivity index (χ1v) is 8.21. The van der Waals surface area contributed by atoms with Crippen molar-refractivity contribution in [2.75, 3.05) is 34.3 Å². The minimum absolute atomic E-state index is 0.108. The molecule has 25 heavy (non-hydrogen) atoms. The van der Waals surface area contributed by atoms with Crippen LogP contribution in [0.2, 0.25) is 0 Å². The molecule has 1 amide bonds. The lowest BCUT2D eigenvalue weighted by Gasteiger charge is -2.14. The van der Waals surface area contributed by atoms with Crippen LogP contribution in [0.15, 0.2) is 47.1 Å². The van der Waals surface area contributed by atoms with Crippen molar-refractivity contribution in [2.24, 2.45) is 0 Å². The Labute approximate surface area is 147 Å². The molecule has 2 aromatic heterocycles. The lowest BCUT2D eigenvalue weighted by molar-refractivity contribution is 0.0942. The predicted molar refractivity (Wildman–Crippen MR) is 97.2 cm³/mol. The zero-order valence-electron chi connectivity index (χ0n) is 14.8. The largest absolute Gasteiger partial charge is 0.496 e. The summed E-state index contributed by atoms with van der Waals surface area (Å²) >= 11 is 0. The third kappa shape index (κ3) is 3.69. The number of hydrogen-bond donors (Lipinski definition) is 1. The highest BCUT2D eigenvalue weighted by molar-refractivity contribution is 5.97. The van der Waals surface area contributed by atoms with Crippen LogP contribution in [0.25, 0.3) is 11.1 Å². The van der Waals surface area contributed by atoms with Gasteiger partial charge in [-0.15, -0.1) is 0 Å². The van der Waals surface area contributed by atoms with Crippen molar-refractivity contribution < 1.29 is 13.9 Å². The number of carbonyl (C=O) groups excluding carboxylic acids is 1. The van der Waals surface area contributed by atoms with Gasteiger partial charge in [0.2, 0.25) is 0 Å². The van der Waals surface area contributed by atoms with Crippen molar-refractivity contribution in [3.63, 3.8) is 0 Å². The van der Waals surface area contributed by atoms with Gasteiger partial charge in [-0.1, -0.05) is 18.2 Å². The average molecular weight is 341 g/mol. The van der Waals surface area contributed by atoms with E-state index in [1.165, 1.54) is 0 Å². The zero-order chi connectivity index (χ0) is 17.8. The molecule has 0 aliphatic heterocycles. The van der Waals surface area contributed by atoms with Crippen LogP contribution in [-0.4, -0.2) is 49.7 Å². The number of carbonyl (C=O) groups is 1. The number of hydrogen-bond acceptors (Lipinski definition) is 4. The first-order chi connectivity index (χ1) is 12.1. The van der Waals surface area contributed by atoms with Gasteiger partial charge in [0.15, 0.2) is 5.58 Å². The molecule has 0 bridgehead atoms. The van der Waals surface area contributed by atoms with E-state index >= 15 is 0 Å². The third-order valence-electron chi connectivity index (χ3n) is 4.12. The first kappa shape index (κ1) is 17.1. The minimum Gasteiger partial charge on any atom is -0.496 e. The predicted octanol–water partition coefficient (Wildman–Crippen LogP) is 2.58. The number of rotatable bonds is 7. The van der Waals surface area contributed by atoms with Gasteiger partial charge in [0.05, 0.1) is 25.4 Å². The fourth-order valence-electron chi connectivity index (χ4n) is 2.82. The molecule has 6 nitrogen and oxygen atoms in total. The molecule has 1 N–H and O–H groups in total. The summed E-state index contributed by atoms with van der Waals surface area (Å²) in [7, 11) is 5.60. The molecule has 0 saturated carbocycles. The topological polar surface area (TPSA) is 59.6 Å². The molecule has 0 unspecified atom stereocenters. The summed E-state index contributed by atoms with van der Waals surface area (Å²) in [5.74, 6) is 0.690. The van der Waals surface area contributed by atoms with Crippen molar-refractivity contribution in [3.8, 4) is 5.75 Å². The standard InChI is InChI=1S/C19H23N3O3/c1-21(2)10-9-20-19(23)16-12-18-15(8-11-25-18)22(16)13-14-6-4-5-7-17(14)24-3/h4-8,11-12H,9-10,13H2,1-3H3,(H,20,23). The Morgan fingerprint density at radius 3 is 2.84 bits per heavy atom. The van der Waals surface area contributed by atoms with Crippen molar-refractivity contribution in [1.82, 2.24) is 14.8 Å². The number of para-hydroxylation sites is 1. The van der Waals surface area contributed by atoms with E-state index in [0.717, 1.165) is 23.4 Å². The van der Waals surface area contributed by atoms with E-state index in [1.807, 2.05) is 53.9 Å². The van der Waals surface area contributed by atoms with Crippen LogP contribution in [0, 0.1) is 0 Å². The monoisotopic (exact) mass is 341 g/mol. The van der Waals surface area contributed by atoms with Crippen molar-refractivity contribution in [1.29, 1.82) is 0 Å². The molecule has 132 valence electrons. The van der Waals surface area contributed by atoms with Crippen molar-refractivity contribution in [3.05, 3.63) is 53.9 Å².